The van der Waals surface area contributed by atoms with Gasteiger partial charge in [-0.25, -0.2) is 18.4 Å². The van der Waals surface area contributed by atoms with E-state index in [9.17, 15) is 8.42 Å². The van der Waals surface area contributed by atoms with Crippen LogP contribution in [0.2, 0.25) is 5.02 Å². The van der Waals surface area contributed by atoms with Gasteiger partial charge in [0, 0.05) is 25.4 Å². The van der Waals surface area contributed by atoms with Gasteiger partial charge >= 0.3 is 0 Å². The Bertz CT molecular complexity index is 1350. The molecular weight excluding hydrogens is 506 g/mol. The SMILES string of the molecule is COc1cccc(OC)c1-n1c(CS(=O)(=O)[C@@H](C)[C@H](OC)c2ncc(Cl)cn2)nnc1[C@@H]1CC12CC2. The molecule has 2 aliphatic carbocycles. The number of methoxy groups -OCH3 is 3. The van der Waals surface area contributed by atoms with Crippen molar-refractivity contribution in [3.63, 3.8) is 0 Å². The molecule has 0 saturated heterocycles. The van der Waals surface area contributed by atoms with E-state index >= 15 is 0 Å². The molecule has 0 aliphatic heterocycles. The molecule has 0 radical (unpaired) electrons. The lowest BCUT2D eigenvalue weighted by Gasteiger charge is -2.22. The first-order valence-corrected chi connectivity index (χ1v) is 13.7. The Morgan fingerprint density at radius 1 is 1.11 bits per heavy atom. The van der Waals surface area contributed by atoms with Crippen LogP contribution in [0.1, 0.15) is 55.7 Å². The molecule has 10 nitrogen and oxygen atoms in total. The Morgan fingerprint density at radius 2 is 1.75 bits per heavy atom. The third kappa shape index (κ3) is 4.33. The van der Waals surface area contributed by atoms with E-state index < -0.39 is 21.2 Å². The van der Waals surface area contributed by atoms with E-state index in [-0.39, 0.29) is 28.7 Å². The monoisotopic (exact) mass is 533 g/mol. The van der Waals surface area contributed by atoms with Crippen LogP contribution in [0.5, 0.6) is 11.5 Å². The number of hydrogen-bond donors (Lipinski definition) is 0. The number of halogens is 1. The van der Waals surface area contributed by atoms with Crippen molar-refractivity contribution in [2.45, 2.75) is 49.2 Å². The second kappa shape index (κ2) is 9.28. The van der Waals surface area contributed by atoms with Crippen LogP contribution in [0.15, 0.2) is 30.6 Å². The van der Waals surface area contributed by atoms with Crippen LogP contribution >= 0.6 is 11.6 Å². The van der Waals surface area contributed by atoms with Crippen molar-refractivity contribution >= 4 is 21.4 Å². The Kier molecular flexibility index (Phi) is 6.42. The lowest BCUT2D eigenvalue weighted by molar-refractivity contribution is 0.0948. The summed E-state index contributed by atoms with van der Waals surface area (Å²) in [7, 11) is 0.757. The van der Waals surface area contributed by atoms with Gasteiger partial charge < -0.3 is 14.2 Å². The molecule has 2 fully saturated rings. The molecule has 3 atom stereocenters. The molecule has 0 unspecified atom stereocenters. The van der Waals surface area contributed by atoms with E-state index in [4.69, 9.17) is 25.8 Å². The predicted molar refractivity (Wildman–Crippen MR) is 132 cm³/mol. The molecule has 1 spiro atoms. The van der Waals surface area contributed by atoms with Crippen LogP contribution in [-0.2, 0) is 20.3 Å². The average molecular weight is 534 g/mol. The molecule has 2 aromatic heterocycles. The summed E-state index contributed by atoms with van der Waals surface area (Å²) in [5.41, 5.74) is 0.865. The molecular formula is C24H28ClN5O5S. The predicted octanol–water partition coefficient (Wildman–Crippen LogP) is 3.69. The third-order valence-electron chi connectivity index (χ3n) is 7.25. The van der Waals surface area contributed by atoms with E-state index in [1.54, 1.807) is 37.8 Å². The summed E-state index contributed by atoms with van der Waals surface area (Å²) >= 11 is 5.90. The van der Waals surface area contributed by atoms with Crippen LogP contribution in [0, 0.1) is 5.41 Å². The molecule has 192 valence electrons. The van der Waals surface area contributed by atoms with Crippen LogP contribution in [-0.4, -0.2) is 59.7 Å². The smallest absolute Gasteiger partial charge is 0.163 e. The normalized spacial score (nSPS) is 19.6. The highest BCUT2D eigenvalue weighted by atomic mass is 35.5. The standard InChI is InChI=1S/C24H28ClN5O5S/c1-14(21(35-4)22-26-11-15(25)12-27-22)36(31,32)13-19-28-29-23(16-10-24(16)8-9-24)30(19)20-17(33-2)6-5-7-18(20)34-3/h5-7,11-12,14,16,21H,8-10,13H2,1-4H3/t14-,16-,21-/m0/s1. The van der Waals surface area contributed by atoms with E-state index in [2.05, 4.69) is 20.2 Å². The molecule has 2 heterocycles. The molecule has 0 bridgehead atoms. The first kappa shape index (κ1) is 24.9. The maximum Gasteiger partial charge on any atom is 0.163 e. The number of benzene rings is 1. The fraction of sp³-hybridized carbons (Fsp3) is 0.500. The third-order valence-corrected chi connectivity index (χ3v) is 9.48. The number of para-hydroxylation sites is 1. The van der Waals surface area contributed by atoms with Gasteiger partial charge in [0.25, 0.3) is 0 Å². The molecule has 0 N–H and O–H groups in total. The van der Waals surface area contributed by atoms with Gasteiger partial charge in [0.05, 0.1) is 24.5 Å². The largest absolute Gasteiger partial charge is 0.494 e. The molecule has 5 rings (SSSR count). The second-order valence-electron chi connectivity index (χ2n) is 9.37. The van der Waals surface area contributed by atoms with Crippen molar-refractivity contribution in [1.82, 2.24) is 24.7 Å². The van der Waals surface area contributed by atoms with Crippen LogP contribution in [0.4, 0.5) is 0 Å². The van der Waals surface area contributed by atoms with Gasteiger partial charge in [0.1, 0.15) is 34.9 Å². The number of sulfone groups is 1. The Labute approximate surface area is 214 Å². The first-order chi connectivity index (χ1) is 17.2. The van der Waals surface area contributed by atoms with E-state index in [1.165, 1.54) is 19.5 Å². The summed E-state index contributed by atoms with van der Waals surface area (Å²) in [6.07, 6.45) is 5.25. The highest BCUT2D eigenvalue weighted by molar-refractivity contribution is 7.91. The zero-order valence-corrected chi connectivity index (χ0v) is 22.1. The van der Waals surface area contributed by atoms with E-state index in [0.29, 0.717) is 22.2 Å². The van der Waals surface area contributed by atoms with Crippen molar-refractivity contribution < 1.29 is 22.6 Å². The lowest BCUT2D eigenvalue weighted by atomic mass is 10.2. The van der Waals surface area contributed by atoms with Gasteiger partial charge in [-0.05, 0) is 43.7 Å². The quantitative estimate of drug-likeness (QED) is 0.384. The van der Waals surface area contributed by atoms with Crippen LogP contribution < -0.4 is 9.47 Å². The molecule has 2 saturated carbocycles. The summed E-state index contributed by atoms with van der Waals surface area (Å²) < 4.78 is 45.9. The number of ether oxygens (including phenoxy) is 3. The van der Waals surface area contributed by atoms with Gasteiger partial charge in [0.2, 0.25) is 0 Å². The summed E-state index contributed by atoms with van der Waals surface area (Å²) in [5.74, 6) is 2.19. The molecule has 12 heteroatoms. The maximum atomic E-state index is 13.7. The summed E-state index contributed by atoms with van der Waals surface area (Å²) in [6.45, 7) is 1.58. The average Bonchev–Trinajstić information content (AvgIpc) is 3.77. The minimum Gasteiger partial charge on any atom is -0.494 e. The molecule has 1 aromatic carbocycles. The zero-order valence-electron chi connectivity index (χ0n) is 20.5. The zero-order chi connectivity index (χ0) is 25.7. The Morgan fingerprint density at radius 3 is 2.28 bits per heavy atom. The fourth-order valence-electron chi connectivity index (χ4n) is 4.85. The lowest BCUT2D eigenvalue weighted by Crippen LogP contribution is -2.30. The van der Waals surface area contributed by atoms with Gasteiger partial charge in [-0.3, -0.25) is 4.57 Å². The summed E-state index contributed by atoms with van der Waals surface area (Å²) in [5, 5.41) is 8.24. The first-order valence-electron chi connectivity index (χ1n) is 11.6. The van der Waals surface area contributed by atoms with Crippen molar-refractivity contribution in [3.8, 4) is 17.2 Å². The molecule has 0 amide bonds. The van der Waals surface area contributed by atoms with Crippen molar-refractivity contribution in [2.24, 2.45) is 5.41 Å². The Balaban J connectivity index is 1.55. The number of hydrogen-bond acceptors (Lipinski definition) is 9. The minimum absolute atomic E-state index is 0.225. The molecule has 36 heavy (non-hydrogen) atoms. The van der Waals surface area contributed by atoms with Crippen LogP contribution in [0.3, 0.4) is 0 Å². The summed E-state index contributed by atoms with van der Waals surface area (Å²) in [6, 6.07) is 5.43. The fourth-order valence-corrected chi connectivity index (χ4v) is 6.36. The van der Waals surface area contributed by atoms with E-state index in [0.717, 1.165) is 25.1 Å². The summed E-state index contributed by atoms with van der Waals surface area (Å²) in [4.78, 5) is 8.32. The minimum atomic E-state index is -3.80. The number of rotatable bonds is 10. The molecule has 3 aromatic rings. The van der Waals surface area contributed by atoms with E-state index in [1.807, 2.05) is 6.07 Å². The van der Waals surface area contributed by atoms with Gasteiger partial charge in [-0.1, -0.05) is 17.7 Å². The highest BCUT2D eigenvalue weighted by Crippen LogP contribution is 2.74. The van der Waals surface area contributed by atoms with Crippen molar-refractivity contribution in [1.29, 1.82) is 0 Å². The number of aromatic nitrogens is 5. The Hall–Kier alpha value is -2.76. The van der Waals surface area contributed by atoms with Crippen molar-refractivity contribution in [2.75, 3.05) is 21.3 Å². The number of nitrogens with zero attached hydrogens (tertiary/aromatic N) is 5. The van der Waals surface area contributed by atoms with Gasteiger partial charge in [-0.2, -0.15) is 0 Å². The second-order valence-corrected chi connectivity index (χ2v) is 12.2. The highest BCUT2D eigenvalue weighted by Gasteiger charge is 2.65. The maximum absolute atomic E-state index is 13.7. The topological polar surface area (TPSA) is 118 Å². The van der Waals surface area contributed by atoms with Gasteiger partial charge in [-0.15, -0.1) is 10.2 Å². The molecule has 2 aliphatic rings. The van der Waals surface area contributed by atoms with Gasteiger partial charge in [0.15, 0.2) is 21.5 Å². The van der Waals surface area contributed by atoms with Crippen molar-refractivity contribution in [3.05, 3.63) is 53.1 Å². The van der Waals surface area contributed by atoms with Crippen LogP contribution in [0.25, 0.3) is 5.69 Å².